The van der Waals surface area contributed by atoms with E-state index >= 15 is 0 Å². The quantitative estimate of drug-likeness (QED) is 0.640. The van der Waals surface area contributed by atoms with Gasteiger partial charge in [-0.15, -0.1) is 0 Å². The summed E-state index contributed by atoms with van der Waals surface area (Å²) >= 11 is 0. The number of benzene rings is 1. The van der Waals surface area contributed by atoms with Gasteiger partial charge in [0.25, 0.3) is 5.91 Å². The van der Waals surface area contributed by atoms with Crippen LogP contribution in [0.4, 0.5) is 13.2 Å². The molecule has 0 aliphatic carbocycles. The molecular weight excluding hydrogens is 421 g/mol. The number of H-pyrrole nitrogens is 1. The second kappa shape index (κ2) is 7.65. The number of carbonyl (C=O) groups excluding carboxylic acids is 1. The molecule has 2 fully saturated rings. The molecule has 166 valence electrons. The van der Waals surface area contributed by atoms with Gasteiger partial charge in [0, 0.05) is 47.9 Å². The van der Waals surface area contributed by atoms with Crippen LogP contribution in [0.3, 0.4) is 0 Å². The highest BCUT2D eigenvalue weighted by atomic mass is 19.4. The van der Waals surface area contributed by atoms with Crippen molar-refractivity contribution >= 4 is 5.91 Å². The largest absolute Gasteiger partial charge is 0.458 e. The molecule has 2 aliphatic heterocycles. The molecule has 32 heavy (non-hydrogen) atoms. The Bertz CT molecular complexity index is 1130. The maximum absolute atomic E-state index is 13.6. The van der Waals surface area contributed by atoms with Gasteiger partial charge >= 0.3 is 12.2 Å². The molecule has 0 radical (unpaired) electrons. The number of nitrogens with one attached hydrogen (secondary N) is 1. The molecule has 1 aromatic carbocycles. The minimum absolute atomic E-state index is 0.0175. The number of fused-ring (bicyclic) bond motifs is 2. The van der Waals surface area contributed by atoms with Gasteiger partial charge in [-0.2, -0.15) is 13.2 Å². The van der Waals surface area contributed by atoms with Gasteiger partial charge < -0.3 is 14.6 Å². The molecule has 9 heteroatoms. The number of alkyl halides is 3. The van der Waals surface area contributed by atoms with E-state index in [0.29, 0.717) is 24.4 Å². The van der Waals surface area contributed by atoms with E-state index < -0.39 is 11.7 Å². The number of amides is 1. The van der Waals surface area contributed by atoms with Crippen LogP contribution in [0.5, 0.6) is 6.01 Å². The van der Waals surface area contributed by atoms with E-state index in [1.807, 2.05) is 48.4 Å². The van der Waals surface area contributed by atoms with Crippen molar-refractivity contribution in [3.63, 3.8) is 0 Å². The Labute approximate surface area is 182 Å². The van der Waals surface area contributed by atoms with Crippen LogP contribution in [0.2, 0.25) is 0 Å². The van der Waals surface area contributed by atoms with E-state index in [4.69, 9.17) is 4.74 Å². The van der Waals surface area contributed by atoms with Gasteiger partial charge in [-0.05, 0) is 43.5 Å². The maximum Gasteiger partial charge on any atom is 0.419 e. The Balaban J connectivity index is 1.38. The molecule has 1 amide bonds. The first-order chi connectivity index (χ1) is 15.3. The van der Waals surface area contributed by atoms with Gasteiger partial charge in [0.05, 0.1) is 11.6 Å². The molecule has 0 spiro atoms. The standard InChI is InChI=1S/C23H21F3N4O2/c1-13-4-2-5-16(20(13)17-6-3-9-27-17)21(31)30-15-7-8-18(30)19(10-15)32-22-28-11-14(12-29-22)23(24,25)26/h2-6,9,11-12,15,18-19,27H,7-8,10H2,1H3/t15-,18+,19-/m1/s1. The number of ether oxygens (including phenoxy) is 1. The van der Waals surface area contributed by atoms with Gasteiger partial charge in [-0.25, -0.2) is 9.97 Å². The smallest absolute Gasteiger partial charge is 0.419 e. The number of nitrogens with zero attached hydrogens (tertiary/aromatic N) is 3. The fourth-order valence-electron chi connectivity index (χ4n) is 4.86. The predicted octanol–water partition coefficient (Wildman–Crippen LogP) is 4.62. The topological polar surface area (TPSA) is 71.1 Å². The van der Waals surface area contributed by atoms with Crippen molar-refractivity contribution in [2.24, 2.45) is 0 Å². The molecule has 2 aliphatic rings. The fourth-order valence-corrected chi connectivity index (χ4v) is 4.86. The molecular formula is C23H21F3N4O2. The summed E-state index contributed by atoms with van der Waals surface area (Å²) < 4.78 is 44.1. The van der Waals surface area contributed by atoms with Crippen molar-refractivity contribution in [3.05, 3.63) is 65.6 Å². The third-order valence-electron chi connectivity index (χ3n) is 6.30. The SMILES string of the molecule is Cc1cccc(C(=O)N2[C@@H]3CC[C@H]2[C@H](Oc2ncc(C(F)(F)F)cn2)C3)c1-c1ccc[nH]1. The first-order valence-corrected chi connectivity index (χ1v) is 10.4. The van der Waals surface area contributed by atoms with Crippen molar-refractivity contribution < 1.29 is 22.7 Å². The lowest BCUT2D eigenvalue weighted by Crippen LogP contribution is -2.39. The second-order valence-corrected chi connectivity index (χ2v) is 8.24. The molecule has 4 heterocycles. The molecule has 3 atom stereocenters. The van der Waals surface area contributed by atoms with E-state index in [9.17, 15) is 18.0 Å². The van der Waals surface area contributed by atoms with Crippen LogP contribution >= 0.6 is 0 Å². The summed E-state index contributed by atoms with van der Waals surface area (Å²) in [7, 11) is 0. The molecule has 2 aromatic heterocycles. The zero-order chi connectivity index (χ0) is 22.5. The van der Waals surface area contributed by atoms with Gasteiger partial charge in [0.1, 0.15) is 6.10 Å². The Kier molecular flexibility index (Phi) is 4.91. The van der Waals surface area contributed by atoms with Crippen molar-refractivity contribution in [2.45, 2.75) is 50.6 Å². The average molecular weight is 442 g/mol. The lowest BCUT2D eigenvalue weighted by molar-refractivity contribution is -0.138. The Hall–Kier alpha value is -3.36. The highest BCUT2D eigenvalue weighted by Gasteiger charge is 2.50. The highest BCUT2D eigenvalue weighted by Crippen LogP contribution is 2.41. The number of aromatic amines is 1. The van der Waals surface area contributed by atoms with Gasteiger partial charge in [0.15, 0.2) is 0 Å². The number of hydrogen-bond acceptors (Lipinski definition) is 4. The average Bonchev–Trinajstić information content (AvgIpc) is 3.49. The summed E-state index contributed by atoms with van der Waals surface area (Å²) in [6.45, 7) is 1.97. The molecule has 5 rings (SSSR count). The number of aryl methyl sites for hydroxylation is 1. The minimum atomic E-state index is -4.50. The van der Waals surface area contributed by atoms with E-state index in [1.54, 1.807) is 0 Å². The van der Waals surface area contributed by atoms with Gasteiger partial charge in [-0.1, -0.05) is 12.1 Å². The molecule has 0 unspecified atom stereocenters. The third kappa shape index (κ3) is 3.51. The van der Waals surface area contributed by atoms with Crippen molar-refractivity contribution in [1.29, 1.82) is 0 Å². The molecule has 0 saturated carbocycles. The van der Waals surface area contributed by atoms with Crippen LogP contribution in [-0.2, 0) is 6.18 Å². The van der Waals surface area contributed by atoms with Crippen molar-refractivity contribution in [3.8, 4) is 17.3 Å². The normalized spacial score (nSPS) is 22.4. The van der Waals surface area contributed by atoms with Gasteiger partial charge in [0.2, 0.25) is 0 Å². The van der Waals surface area contributed by atoms with Gasteiger partial charge in [-0.3, -0.25) is 4.79 Å². The molecule has 3 aromatic rings. The lowest BCUT2D eigenvalue weighted by Gasteiger charge is -2.25. The van der Waals surface area contributed by atoms with E-state index in [1.165, 1.54) is 0 Å². The number of halogens is 3. The first kappa shape index (κ1) is 20.5. The summed E-state index contributed by atoms with van der Waals surface area (Å²) in [4.78, 5) is 26.1. The maximum atomic E-state index is 13.6. The van der Waals surface area contributed by atoms with Crippen LogP contribution in [0, 0.1) is 6.92 Å². The van der Waals surface area contributed by atoms with Crippen LogP contribution in [0.25, 0.3) is 11.3 Å². The number of rotatable bonds is 4. The van der Waals surface area contributed by atoms with Crippen LogP contribution in [0.1, 0.15) is 40.7 Å². The summed E-state index contributed by atoms with van der Waals surface area (Å²) in [5, 5.41) is 0. The van der Waals surface area contributed by atoms with E-state index in [0.717, 1.165) is 29.7 Å². The van der Waals surface area contributed by atoms with Crippen molar-refractivity contribution in [2.75, 3.05) is 0 Å². The van der Waals surface area contributed by atoms with Crippen LogP contribution in [0.15, 0.2) is 48.9 Å². The Morgan fingerprint density at radius 3 is 2.62 bits per heavy atom. The zero-order valence-corrected chi connectivity index (χ0v) is 17.3. The monoisotopic (exact) mass is 442 g/mol. The number of aromatic nitrogens is 3. The molecule has 1 N–H and O–H groups in total. The molecule has 6 nitrogen and oxygen atoms in total. The Morgan fingerprint density at radius 2 is 1.94 bits per heavy atom. The fraction of sp³-hybridized carbons (Fsp3) is 0.348. The third-order valence-corrected chi connectivity index (χ3v) is 6.30. The highest BCUT2D eigenvalue weighted by molar-refractivity contribution is 6.02. The second-order valence-electron chi connectivity index (χ2n) is 8.24. The lowest BCUT2D eigenvalue weighted by atomic mass is 9.98. The van der Waals surface area contributed by atoms with Crippen molar-refractivity contribution in [1.82, 2.24) is 19.9 Å². The van der Waals surface area contributed by atoms with E-state index in [-0.39, 0.29) is 30.1 Å². The summed E-state index contributed by atoms with van der Waals surface area (Å²) in [5.74, 6) is -0.0646. The summed E-state index contributed by atoms with van der Waals surface area (Å²) in [6, 6.07) is 9.24. The summed E-state index contributed by atoms with van der Waals surface area (Å²) in [6.07, 6.45) is 0.640. The first-order valence-electron chi connectivity index (χ1n) is 10.4. The van der Waals surface area contributed by atoms with Crippen LogP contribution < -0.4 is 4.74 Å². The minimum Gasteiger partial charge on any atom is -0.458 e. The predicted molar refractivity (Wildman–Crippen MR) is 110 cm³/mol. The Morgan fingerprint density at radius 1 is 1.16 bits per heavy atom. The van der Waals surface area contributed by atoms with Crippen LogP contribution in [-0.4, -0.2) is 43.9 Å². The summed E-state index contributed by atoms with van der Waals surface area (Å²) in [5.41, 5.74) is 2.44. The number of carbonyl (C=O) groups is 1. The molecule has 2 saturated heterocycles. The number of hydrogen-bond donors (Lipinski definition) is 1. The van der Waals surface area contributed by atoms with E-state index in [2.05, 4.69) is 15.0 Å². The zero-order valence-electron chi connectivity index (χ0n) is 17.3. The molecule has 2 bridgehead atoms.